The smallest absolute Gasteiger partial charge is 0.416 e. The predicted octanol–water partition coefficient (Wildman–Crippen LogP) is 4.79. The van der Waals surface area contributed by atoms with Crippen LogP contribution in [-0.2, 0) is 25.7 Å². The molecule has 2 N–H and O–H groups in total. The van der Waals surface area contributed by atoms with Gasteiger partial charge in [0.05, 0.1) is 30.6 Å². The van der Waals surface area contributed by atoms with Crippen LogP contribution in [0.2, 0.25) is 0 Å². The lowest BCUT2D eigenvalue weighted by atomic mass is 10.1. The van der Waals surface area contributed by atoms with E-state index in [0.717, 1.165) is 23.6 Å². The molecule has 30 heavy (non-hydrogen) atoms. The van der Waals surface area contributed by atoms with Crippen molar-refractivity contribution in [2.24, 2.45) is 4.99 Å². The standard InChI is InChI=1S/C21H21F3N4O.HI/c22-21(23,24)17-6-3-5-16(13-17)14-27-20(26-11-9-19-8-4-12-29-19)28-15-18-7-1-2-10-25-18;/h1-8,10,12-13H,9,11,14-15H2,(H2,26,27,28);1H. The van der Waals surface area contributed by atoms with Gasteiger partial charge in [-0.25, -0.2) is 4.99 Å². The van der Waals surface area contributed by atoms with Crippen LogP contribution in [0, 0.1) is 0 Å². The number of pyridine rings is 1. The van der Waals surface area contributed by atoms with E-state index in [-0.39, 0.29) is 30.5 Å². The summed E-state index contributed by atoms with van der Waals surface area (Å²) >= 11 is 0. The van der Waals surface area contributed by atoms with Crippen LogP contribution in [0.1, 0.15) is 22.6 Å². The molecule has 0 saturated heterocycles. The maximum Gasteiger partial charge on any atom is 0.416 e. The molecule has 9 heteroatoms. The van der Waals surface area contributed by atoms with E-state index in [0.29, 0.717) is 31.0 Å². The second-order valence-corrected chi connectivity index (χ2v) is 6.29. The number of hydrogen-bond acceptors (Lipinski definition) is 3. The normalized spacial score (nSPS) is 11.6. The van der Waals surface area contributed by atoms with Crippen molar-refractivity contribution in [3.63, 3.8) is 0 Å². The number of nitrogens with one attached hydrogen (secondary N) is 2. The van der Waals surface area contributed by atoms with Crippen molar-refractivity contribution >= 4 is 29.9 Å². The Morgan fingerprint density at radius 2 is 1.90 bits per heavy atom. The van der Waals surface area contributed by atoms with Gasteiger partial charge in [-0.05, 0) is 42.0 Å². The number of nitrogens with zero attached hydrogens (tertiary/aromatic N) is 2. The number of guanidine groups is 1. The van der Waals surface area contributed by atoms with Gasteiger partial charge >= 0.3 is 6.18 Å². The summed E-state index contributed by atoms with van der Waals surface area (Å²) in [6.45, 7) is 1.11. The predicted molar refractivity (Wildman–Crippen MR) is 119 cm³/mol. The van der Waals surface area contributed by atoms with Gasteiger partial charge in [-0.3, -0.25) is 4.98 Å². The van der Waals surface area contributed by atoms with Crippen molar-refractivity contribution in [2.75, 3.05) is 6.54 Å². The van der Waals surface area contributed by atoms with Gasteiger partial charge in [0, 0.05) is 19.2 Å². The molecule has 5 nitrogen and oxygen atoms in total. The van der Waals surface area contributed by atoms with E-state index < -0.39 is 11.7 Å². The molecule has 0 aliphatic heterocycles. The van der Waals surface area contributed by atoms with E-state index in [1.54, 1.807) is 18.5 Å². The summed E-state index contributed by atoms with van der Waals surface area (Å²) in [7, 11) is 0. The van der Waals surface area contributed by atoms with E-state index >= 15 is 0 Å². The summed E-state index contributed by atoms with van der Waals surface area (Å²) in [5.74, 6) is 1.32. The average molecular weight is 530 g/mol. The Morgan fingerprint density at radius 3 is 2.60 bits per heavy atom. The largest absolute Gasteiger partial charge is 0.469 e. The molecule has 0 radical (unpaired) electrons. The molecule has 0 fully saturated rings. The zero-order valence-electron chi connectivity index (χ0n) is 16.0. The van der Waals surface area contributed by atoms with E-state index in [2.05, 4.69) is 20.6 Å². The van der Waals surface area contributed by atoms with Crippen molar-refractivity contribution in [1.29, 1.82) is 0 Å². The lowest BCUT2D eigenvalue weighted by Crippen LogP contribution is -2.38. The van der Waals surface area contributed by atoms with Crippen molar-refractivity contribution < 1.29 is 17.6 Å². The Hall–Kier alpha value is -2.56. The molecule has 0 bridgehead atoms. The lowest BCUT2D eigenvalue weighted by Gasteiger charge is -2.13. The summed E-state index contributed by atoms with van der Waals surface area (Å²) in [4.78, 5) is 8.66. The zero-order chi connectivity index (χ0) is 20.5. The third-order valence-electron chi connectivity index (χ3n) is 4.08. The number of benzene rings is 1. The number of furan rings is 1. The molecule has 1 aromatic carbocycles. The van der Waals surface area contributed by atoms with Gasteiger partial charge < -0.3 is 15.1 Å². The summed E-state index contributed by atoms with van der Waals surface area (Å²) in [6, 6.07) is 14.5. The number of hydrogen-bond donors (Lipinski definition) is 2. The van der Waals surface area contributed by atoms with Gasteiger partial charge in [0.25, 0.3) is 0 Å². The fraction of sp³-hybridized carbons (Fsp3) is 0.238. The Balaban J connectivity index is 0.00000320. The van der Waals surface area contributed by atoms with E-state index in [9.17, 15) is 13.2 Å². The number of rotatable bonds is 7. The Labute approximate surface area is 189 Å². The van der Waals surface area contributed by atoms with Crippen molar-refractivity contribution in [1.82, 2.24) is 15.6 Å². The highest BCUT2D eigenvalue weighted by atomic mass is 127. The number of halogens is 4. The maximum atomic E-state index is 12.9. The first-order valence-corrected chi connectivity index (χ1v) is 9.11. The summed E-state index contributed by atoms with van der Waals surface area (Å²) < 4.78 is 44.0. The Bertz CT molecular complexity index is 916. The highest BCUT2D eigenvalue weighted by Gasteiger charge is 2.30. The van der Waals surface area contributed by atoms with Gasteiger partial charge in [0.15, 0.2) is 5.96 Å². The first kappa shape index (κ1) is 23.7. The molecule has 0 spiro atoms. The van der Waals surface area contributed by atoms with E-state index in [4.69, 9.17) is 4.42 Å². The van der Waals surface area contributed by atoms with Gasteiger partial charge in [-0.15, -0.1) is 24.0 Å². The molecular formula is C21H22F3IN4O. The van der Waals surface area contributed by atoms with Gasteiger partial charge in [0.2, 0.25) is 0 Å². The van der Waals surface area contributed by atoms with Crippen molar-refractivity contribution in [2.45, 2.75) is 25.7 Å². The van der Waals surface area contributed by atoms with Crippen LogP contribution in [-0.4, -0.2) is 17.5 Å². The number of alkyl halides is 3. The highest BCUT2D eigenvalue weighted by molar-refractivity contribution is 14.0. The quantitative estimate of drug-likeness (QED) is 0.262. The molecule has 0 saturated carbocycles. The topological polar surface area (TPSA) is 62.5 Å². The minimum atomic E-state index is -4.37. The van der Waals surface area contributed by atoms with Crippen LogP contribution in [0.15, 0.2) is 76.5 Å². The SMILES string of the molecule is FC(F)(F)c1cccc(CN=C(NCCc2ccco2)NCc2ccccn2)c1.I. The van der Waals surface area contributed by atoms with Crippen molar-refractivity contribution in [3.8, 4) is 0 Å². The lowest BCUT2D eigenvalue weighted by molar-refractivity contribution is -0.137. The van der Waals surface area contributed by atoms with Crippen LogP contribution >= 0.6 is 24.0 Å². The highest BCUT2D eigenvalue weighted by Crippen LogP contribution is 2.29. The van der Waals surface area contributed by atoms with Crippen LogP contribution in [0.3, 0.4) is 0 Å². The molecule has 0 amide bonds. The fourth-order valence-electron chi connectivity index (χ4n) is 2.63. The molecule has 0 unspecified atom stereocenters. The van der Waals surface area contributed by atoms with Gasteiger partial charge in [0.1, 0.15) is 5.76 Å². The Morgan fingerprint density at radius 1 is 1.03 bits per heavy atom. The minimum Gasteiger partial charge on any atom is -0.469 e. The van der Waals surface area contributed by atoms with Crippen LogP contribution in [0.4, 0.5) is 13.2 Å². The second kappa shape index (κ2) is 11.6. The second-order valence-electron chi connectivity index (χ2n) is 6.29. The third kappa shape index (κ3) is 7.69. The monoisotopic (exact) mass is 530 g/mol. The first-order valence-electron chi connectivity index (χ1n) is 9.11. The average Bonchev–Trinajstić information content (AvgIpc) is 3.23. The van der Waals surface area contributed by atoms with Crippen LogP contribution in [0.5, 0.6) is 0 Å². The van der Waals surface area contributed by atoms with Crippen molar-refractivity contribution in [3.05, 3.63) is 89.6 Å². The molecule has 160 valence electrons. The molecule has 3 aromatic rings. The molecule has 2 aromatic heterocycles. The molecular weight excluding hydrogens is 508 g/mol. The Kier molecular flexibility index (Phi) is 9.15. The fourth-order valence-corrected chi connectivity index (χ4v) is 2.63. The summed E-state index contributed by atoms with van der Waals surface area (Å²) in [5, 5.41) is 6.33. The minimum absolute atomic E-state index is 0. The van der Waals surface area contributed by atoms with E-state index in [1.807, 2.05) is 30.3 Å². The molecule has 0 aliphatic carbocycles. The zero-order valence-corrected chi connectivity index (χ0v) is 18.4. The van der Waals surface area contributed by atoms with Gasteiger partial charge in [-0.2, -0.15) is 13.2 Å². The first-order chi connectivity index (χ1) is 14.0. The summed E-state index contributed by atoms with van der Waals surface area (Å²) in [5.41, 5.74) is 0.621. The number of aromatic nitrogens is 1. The molecule has 2 heterocycles. The van der Waals surface area contributed by atoms with Crippen LogP contribution in [0.25, 0.3) is 0 Å². The van der Waals surface area contributed by atoms with Crippen LogP contribution < -0.4 is 10.6 Å². The summed E-state index contributed by atoms with van der Waals surface area (Å²) in [6.07, 6.45) is -0.417. The molecule has 0 aliphatic rings. The number of aliphatic imine (C=N–C) groups is 1. The third-order valence-corrected chi connectivity index (χ3v) is 4.08. The maximum absolute atomic E-state index is 12.9. The molecule has 0 atom stereocenters. The van der Waals surface area contributed by atoms with Gasteiger partial charge in [-0.1, -0.05) is 18.2 Å². The molecule has 3 rings (SSSR count). The van der Waals surface area contributed by atoms with E-state index in [1.165, 1.54) is 6.07 Å².